The van der Waals surface area contributed by atoms with E-state index in [1.807, 2.05) is 18.2 Å². The number of benzene rings is 1. The number of hydrogen-bond acceptors (Lipinski definition) is 3. The van der Waals surface area contributed by atoms with Crippen molar-refractivity contribution in [3.8, 4) is 0 Å². The Hall–Kier alpha value is -2.34. The third-order valence-corrected chi connectivity index (χ3v) is 3.32. The van der Waals surface area contributed by atoms with Gasteiger partial charge in [-0.05, 0) is 30.3 Å². The van der Waals surface area contributed by atoms with Crippen molar-refractivity contribution < 1.29 is 13.2 Å². The molecule has 112 valence electrons. The van der Waals surface area contributed by atoms with Gasteiger partial charge in [0.2, 0.25) is 0 Å². The number of halogens is 4. The van der Waals surface area contributed by atoms with Gasteiger partial charge >= 0.3 is 6.18 Å². The number of fused-ring (bicyclic) bond motifs is 1. The molecule has 1 aromatic carbocycles. The molecule has 0 fully saturated rings. The molecule has 0 spiro atoms. The van der Waals surface area contributed by atoms with Crippen molar-refractivity contribution in [1.82, 2.24) is 9.97 Å². The average molecular weight is 324 g/mol. The first-order valence-corrected chi connectivity index (χ1v) is 6.67. The molecular formula is C15H9ClF3N3. The summed E-state index contributed by atoms with van der Waals surface area (Å²) in [7, 11) is 0. The van der Waals surface area contributed by atoms with E-state index in [-0.39, 0.29) is 5.82 Å². The highest BCUT2D eigenvalue weighted by Gasteiger charge is 2.30. The monoisotopic (exact) mass is 323 g/mol. The van der Waals surface area contributed by atoms with Crippen molar-refractivity contribution in [3.05, 3.63) is 59.2 Å². The number of alkyl halides is 3. The second kappa shape index (κ2) is 5.46. The molecule has 0 atom stereocenters. The molecule has 2 aromatic heterocycles. The number of nitrogens with zero attached hydrogens (tertiary/aromatic N) is 2. The number of anilines is 2. The van der Waals surface area contributed by atoms with Crippen molar-refractivity contribution in [2.45, 2.75) is 6.18 Å². The molecule has 0 aliphatic rings. The van der Waals surface area contributed by atoms with Crippen molar-refractivity contribution in [2.24, 2.45) is 0 Å². The quantitative estimate of drug-likeness (QED) is 0.717. The van der Waals surface area contributed by atoms with E-state index in [4.69, 9.17) is 11.6 Å². The van der Waals surface area contributed by atoms with Crippen LogP contribution in [0.15, 0.2) is 48.7 Å². The molecule has 0 aliphatic carbocycles. The zero-order chi connectivity index (χ0) is 15.7. The Bertz CT molecular complexity index is 816. The van der Waals surface area contributed by atoms with Crippen LogP contribution in [0.3, 0.4) is 0 Å². The summed E-state index contributed by atoms with van der Waals surface area (Å²) in [6, 6.07) is 11.1. The minimum Gasteiger partial charge on any atom is -0.325 e. The number of aromatic nitrogens is 2. The Kier molecular flexibility index (Phi) is 3.62. The smallest absolute Gasteiger partial charge is 0.325 e. The summed E-state index contributed by atoms with van der Waals surface area (Å²) in [6.45, 7) is 0. The van der Waals surface area contributed by atoms with E-state index in [1.54, 1.807) is 12.1 Å². The number of nitrogens with one attached hydrogen (secondary N) is 1. The molecule has 1 N–H and O–H groups in total. The number of rotatable bonds is 2. The molecule has 0 saturated carbocycles. The normalized spacial score (nSPS) is 11.6. The van der Waals surface area contributed by atoms with E-state index in [0.717, 1.165) is 17.6 Å². The van der Waals surface area contributed by atoms with Gasteiger partial charge in [-0.3, -0.25) is 0 Å². The van der Waals surface area contributed by atoms with Gasteiger partial charge in [-0.1, -0.05) is 23.7 Å². The van der Waals surface area contributed by atoms with Crippen LogP contribution in [-0.4, -0.2) is 9.97 Å². The van der Waals surface area contributed by atoms with Crippen molar-refractivity contribution in [1.29, 1.82) is 0 Å². The van der Waals surface area contributed by atoms with Gasteiger partial charge in [0, 0.05) is 11.6 Å². The third kappa shape index (κ3) is 2.96. The van der Waals surface area contributed by atoms with Crippen molar-refractivity contribution in [2.75, 3.05) is 5.32 Å². The predicted octanol–water partition coefficient (Wildman–Crippen LogP) is 5.05. The fraction of sp³-hybridized carbons (Fsp3) is 0.0667. The summed E-state index contributed by atoms with van der Waals surface area (Å²) >= 11 is 6.07. The van der Waals surface area contributed by atoms with Crippen LogP contribution in [-0.2, 0) is 6.18 Å². The maximum Gasteiger partial charge on any atom is 0.417 e. The Balaban J connectivity index is 1.88. The molecule has 7 heteroatoms. The Morgan fingerprint density at radius 3 is 2.41 bits per heavy atom. The molecule has 3 aromatic rings. The molecule has 3 rings (SSSR count). The first kappa shape index (κ1) is 14.6. The Morgan fingerprint density at radius 2 is 1.73 bits per heavy atom. The summed E-state index contributed by atoms with van der Waals surface area (Å²) in [5.41, 5.74) is -0.186. The van der Waals surface area contributed by atoms with Crippen LogP contribution in [0.5, 0.6) is 0 Å². The molecule has 22 heavy (non-hydrogen) atoms. The van der Waals surface area contributed by atoms with E-state index >= 15 is 0 Å². The van der Waals surface area contributed by atoms with E-state index in [2.05, 4.69) is 15.3 Å². The van der Waals surface area contributed by atoms with Gasteiger partial charge in [0.05, 0.1) is 16.1 Å². The lowest BCUT2D eigenvalue weighted by Crippen LogP contribution is -2.06. The topological polar surface area (TPSA) is 37.8 Å². The lowest BCUT2D eigenvalue weighted by atomic mass is 10.2. The number of hydrogen-bond donors (Lipinski definition) is 1. The van der Waals surface area contributed by atoms with Crippen molar-refractivity contribution in [3.63, 3.8) is 0 Å². The number of para-hydroxylation sites is 1. The predicted molar refractivity (Wildman–Crippen MR) is 79.3 cm³/mol. The number of pyridine rings is 2. The SMILES string of the molecule is FC(F)(F)c1ccc(Nc2ccc3cccc(Cl)c3n2)nc1. The van der Waals surface area contributed by atoms with Crippen LogP contribution in [0, 0.1) is 0 Å². The van der Waals surface area contributed by atoms with E-state index in [9.17, 15) is 13.2 Å². The third-order valence-electron chi connectivity index (χ3n) is 3.02. The highest BCUT2D eigenvalue weighted by molar-refractivity contribution is 6.35. The molecule has 0 aliphatic heterocycles. The second-order valence-corrected chi connectivity index (χ2v) is 4.97. The van der Waals surface area contributed by atoms with E-state index in [1.165, 1.54) is 6.07 Å². The summed E-state index contributed by atoms with van der Waals surface area (Å²) in [5, 5.41) is 4.23. The van der Waals surface area contributed by atoms with Gasteiger partial charge in [0.25, 0.3) is 0 Å². The molecule has 0 unspecified atom stereocenters. The second-order valence-electron chi connectivity index (χ2n) is 4.56. The van der Waals surface area contributed by atoms with Crippen LogP contribution in [0.4, 0.5) is 24.8 Å². The average Bonchev–Trinajstić information content (AvgIpc) is 2.48. The highest BCUT2D eigenvalue weighted by atomic mass is 35.5. The fourth-order valence-corrected chi connectivity index (χ4v) is 2.17. The molecule has 0 saturated heterocycles. The molecule has 2 heterocycles. The van der Waals surface area contributed by atoms with Gasteiger partial charge in [-0.15, -0.1) is 0 Å². The van der Waals surface area contributed by atoms with Crippen LogP contribution >= 0.6 is 11.6 Å². The van der Waals surface area contributed by atoms with Gasteiger partial charge in [0.15, 0.2) is 0 Å². The fourth-order valence-electron chi connectivity index (χ4n) is 1.95. The van der Waals surface area contributed by atoms with Crippen LogP contribution < -0.4 is 5.32 Å². The molecule has 0 radical (unpaired) electrons. The zero-order valence-electron chi connectivity index (χ0n) is 11.0. The minimum atomic E-state index is -4.40. The molecule has 3 nitrogen and oxygen atoms in total. The summed E-state index contributed by atoms with van der Waals surface area (Å²) in [4.78, 5) is 8.07. The minimum absolute atomic E-state index is 0.270. The van der Waals surface area contributed by atoms with Gasteiger partial charge in [-0.25, -0.2) is 9.97 Å². The highest BCUT2D eigenvalue weighted by Crippen LogP contribution is 2.29. The summed E-state index contributed by atoms with van der Waals surface area (Å²) < 4.78 is 37.4. The van der Waals surface area contributed by atoms with Gasteiger partial charge in [0.1, 0.15) is 11.6 Å². The van der Waals surface area contributed by atoms with Crippen LogP contribution in [0.25, 0.3) is 10.9 Å². The van der Waals surface area contributed by atoms with Crippen LogP contribution in [0.1, 0.15) is 5.56 Å². The largest absolute Gasteiger partial charge is 0.417 e. The van der Waals surface area contributed by atoms with Crippen molar-refractivity contribution >= 4 is 34.1 Å². The maximum atomic E-state index is 12.5. The first-order chi connectivity index (χ1) is 10.4. The molecule has 0 bridgehead atoms. The lowest BCUT2D eigenvalue weighted by Gasteiger charge is -2.09. The lowest BCUT2D eigenvalue weighted by molar-refractivity contribution is -0.137. The Morgan fingerprint density at radius 1 is 0.955 bits per heavy atom. The van der Waals surface area contributed by atoms with E-state index in [0.29, 0.717) is 16.4 Å². The summed E-state index contributed by atoms with van der Waals surface area (Å²) in [5.74, 6) is 0.722. The zero-order valence-corrected chi connectivity index (χ0v) is 11.8. The maximum absolute atomic E-state index is 12.5. The van der Waals surface area contributed by atoms with Gasteiger partial charge in [-0.2, -0.15) is 13.2 Å². The first-order valence-electron chi connectivity index (χ1n) is 6.29. The van der Waals surface area contributed by atoms with Crippen LogP contribution in [0.2, 0.25) is 5.02 Å². The summed E-state index contributed by atoms with van der Waals surface area (Å²) in [6.07, 6.45) is -3.63. The molecular weight excluding hydrogens is 315 g/mol. The Labute approximate surface area is 128 Å². The molecule has 0 amide bonds. The van der Waals surface area contributed by atoms with Gasteiger partial charge < -0.3 is 5.32 Å². The standard InChI is InChI=1S/C15H9ClF3N3/c16-11-3-1-2-9-4-6-13(22-14(9)11)21-12-7-5-10(8-20-12)15(17,18)19/h1-8H,(H,20,21,22). The van der Waals surface area contributed by atoms with E-state index < -0.39 is 11.7 Å².